The molecule has 0 bridgehead atoms. The van der Waals surface area contributed by atoms with Crippen LogP contribution in [-0.4, -0.2) is 37.6 Å². The van der Waals surface area contributed by atoms with Crippen molar-refractivity contribution in [2.45, 2.75) is 25.8 Å². The summed E-state index contributed by atoms with van der Waals surface area (Å²) in [4.78, 5) is 11.5. The number of aromatic carboxylic acids is 1. The summed E-state index contributed by atoms with van der Waals surface area (Å²) >= 11 is 0. The summed E-state index contributed by atoms with van der Waals surface area (Å²) in [7, 11) is 0. The van der Waals surface area contributed by atoms with Crippen molar-refractivity contribution in [3.05, 3.63) is 23.0 Å². The number of nitrogens with two attached hydrogens (primary N) is 1. The number of rotatable bonds is 4. The summed E-state index contributed by atoms with van der Waals surface area (Å²) in [5.41, 5.74) is 9.20. The van der Waals surface area contributed by atoms with E-state index in [1.807, 2.05) is 0 Å². The summed E-state index contributed by atoms with van der Waals surface area (Å²) in [5, 5.41) is 20.7. The molecule has 0 atom stereocenters. The van der Waals surface area contributed by atoms with Crippen molar-refractivity contribution >= 4 is 18.4 Å². The van der Waals surface area contributed by atoms with Crippen LogP contribution >= 0.6 is 12.4 Å². The first-order valence-corrected chi connectivity index (χ1v) is 6.28. The van der Waals surface area contributed by atoms with Gasteiger partial charge in [0.1, 0.15) is 11.4 Å². The number of hydrogen-bond donors (Lipinski definition) is 3. The van der Waals surface area contributed by atoms with Crippen LogP contribution in [0.5, 0.6) is 0 Å². The first kappa shape index (κ1) is 14.5. The number of nitrogens with one attached hydrogen (secondary N) is 1. The molecule has 0 fully saturated rings. The Morgan fingerprint density at radius 3 is 3.00 bits per heavy atom. The normalized spacial score (nSPS) is 12.4. The van der Waals surface area contributed by atoms with Crippen LogP contribution in [0.15, 0.2) is 6.20 Å². The zero-order chi connectivity index (χ0) is 13.4. The predicted molar refractivity (Wildman–Crippen MR) is 75.1 cm³/mol. The van der Waals surface area contributed by atoms with Gasteiger partial charge in [0.05, 0.1) is 11.9 Å². The van der Waals surface area contributed by atoms with E-state index in [0.29, 0.717) is 31.6 Å². The zero-order valence-corrected chi connectivity index (χ0v) is 11.6. The van der Waals surface area contributed by atoms with Gasteiger partial charge in [0.15, 0.2) is 0 Å². The van der Waals surface area contributed by atoms with Gasteiger partial charge < -0.3 is 10.8 Å². The lowest BCUT2D eigenvalue weighted by Gasteiger charge is -2.09. The number of aromatic nitrogens is 4. The second-order valence-corrected chi connectivity index (χ2v) is 4.62. The second kappa shape index (κ2) is 5.64. The van der Waals surface area contributed by atoms with Crippen molar-refractivity contribution in [1.29, 1.82) is 0 Å². The van der Waals surface area contributed by atoms with Crippen molar-refractivity contribution in [1.82, 2.24) is 20.0 Å². The maximum Gasteiger partial charge on any atom is 0.354 e. The molecule has 108 valence electrons. The Morgan fingerprint density at radius 1 is 1.50 bits per heavy atom. The third-order valence-electron chi connectivity index (χ3n) is 3.43. The molecule has 4 N–H and O–H groups in total. The maximum absolute atomic E-state index is 11.5. The van der Waals surface area contributed by atoms with Crippen LogP contribution in [0.2, 0.25) is 0 Å². The van der Waals surface area contributed by atoms with Crippen LogP contribution in [0, 0.1) is 0 Å². The van der Waals surface area contributed by atoms with E-state index >= 15 is 0 Å². The molecule has 0 radical (unpaired) electrons. The number of carbonyl (C=O) groups is 1. The number of fused-ring (bicyclic) bond motifs is 3. The van der Waals surface area contributed by atoms with Crippen molar-refractivity contribution < 1.29 is 9.90 Å². The summed E-state index contributed by atoms with van der Waals surface area (Å²) in [6.07, 6.45) is 3.96. The van der Waals surface area contributed by atoms with E-state index in [9.17, 15) is 9.90 Å². The van der Waals surface area contributed by atoms with Crippen LogP contribution in [-0.2, 0) is 19.4 Å². The average molecular weight is 298 g/mol. The van der Waals surface area contributed by atoms with E-state index in [4.69, 9.17) is 5.73 Å². The molecule has 20 heavy (non-hydrogen) atoms. The molecule has 0 aromatic carbocycles. The molecule has 2 aromatic heterocycles. The fourth-order valence-electron chi connectivity index (χ4n) is 2.54. The molecule has 0 unspecified atom stereocenters. The lowest BCUT2D eigenvalue weighted by atomic mass is 9.94. The Balaban J connectivity index is 0.00000147. The number of carboxylic acid groups (broad SMARTS) is 1. The molecular weight excluding hydrogens is 282 g/mol. The van der Waals surface area contributed by atoms with Gasteiger partial charge in [-0.25, -0.2) is 4.79 Å². The molecule has 1 aliphatic rings. The SMILES string of the molecule is Cl.NCCCn1nc2c(c1C(=O)O)CCc1cn[nH]c1-2. The molecule has 8 heteroatoms. The number of hydrogen-bond acceptors (Lipinski definition) is 4. The predicted octanol–water partition coefficient (Wildman–Crippen LogP) is 0.841. The van der Waals surface area contributed by atoms with Gasteiger partial charge in [0, 0.05) is 12.1 Å². The second-order valence-electron chi connectivity index (χ2n) is 4.62. The van der Waals surface area contributed by atoms with Gasteiger partial charge >= 0.3 is 5.97 Å². The van der Waals surface area contributed by atoms with Gasteiger partial charge in [-0.15, -0.1) is 12.4 Å². The largest absolute Gasteiger partial charge is 0.477 e. The fourth-order valence-corrected chi connectivity index (χ4v) is 2.54. The zero-order valence-electron chi connectivity index (χ0n) is 10.8. The molecule has 0 saturated carbocycles. The Labute approximate surface area is 121 Å². The summed E-state index contributed by atoms with van der Waals surface area (Å²) in [5.74, 6) is -0.936. The van der Waals surface area contributed by atoms with E-state index in [0.717, 1.165) is 23.2 Å². The first-order chi connectivity index (χ1) is 9.22. The van der Waals surface area contributed by atoms with Crippen LogP contribution in [0.25, 0.3) is 11.4 Å². The molecule has 0 spiro atoms. The topological polar surface area (TPSA) is 110 Å². The van der Waals surface area contributed by atoms with Gasteiger partial charge in [-0.05, 0) is 31.4 Å². The van der Waals surface area contributed by atoms with Crippen molar-refractivity contribution in [3.8, 4) is 11.4 Å². The third-order valence-corrected chi connectivity index (χ3v) is 3.43. The number of aromatic amines is 1. The van der Waals surface area contributed by atoms with Crippen LogP contribution in [0.4, 0.5) is 0 Å². The highest BCUT2D eigenvalue weighted by Gasteiger charge is 2.28. The lowest BCUT2D eigenvalue weighted by molar-refractivity contribution is 0.0681. The van der Waals surface area contributed by atoms with E-state index in [1.54, 1.807) is 10.9 Å². The first-order valence-electron chi connectivity index (χ1n) is 6.28. The van der Waals surface area contributed by atoms with E-state index < -0.39 is 5.97 Å². The van der Waals surface area contributed by atoms with Gasteiger partial charge in [0.25, 0.3) is 0 Å². The smallest absolute Gasteiger partial charge is 0.354 e. The highest BCUT2D eigenvalue weighted by Crippen LogP contribution is 2.32. The van der Waals surface area contributed by atoms with Gasteiger partial charge in [-0.3, -0.25) is 9.78 Å². The molecule has 2 aromatic rings. The van der Waals surface area contributed by atoms with Crippen molar-refractivity contribution in [3.63, 3.8) is 0 Å². The standard InChI is InChI=1S/C12H15N5O2.ClH/c13-4-1-5-17-11(12(18)19)8-3-2-7-6-14-15-9(7)10(8)16-17;/h6H,1-5,13H2,(H,14,15)(H,18,19);1H. The van der Waals surface area contributed by atoms with E-state index in [2.05, 4.69) is 15.3 Å². The lowest BCUT2D eigenvalue weighted by Crippen LogP contribution is -2.14. The molecule has 0 amide bonds. The molecule has 3 rings (SSSR count). The number of carboxylic acids is 1. The number of aryl methyl sites for hydroxylation is 2. The Kier molecular flexibility index (Phi) is 4.10. The summed E-state index contributed by atoms with van der Waals surface area (Å²) in [6.45, 7) is 1.04. The minimum absolute atomic E-state index is 0. The highest BCUT2D eigenvalue weighted by molar-refractivity contribution is 5.90. The molecule has 0 saturated heterocycles. The maximum atomic E-state index is 11.5. The Morgan fingerprint density at radius 2 is 2.30 bits per heavy atom. The van der Waals surface area contributed by atoms with Crippen molar-refractivity contribution in [2.75, 3.05) is 6.54 Å². The molecule has 2 heterocycles. The van der Waals surface area contributed by atoms with E-state index in [1.165, 1.54) is 0 Å². The Hall–Kier alpha value is -1.86. The average Bonchev–Trinajstić information content (AvgIpc) is 2.98. The summed E-state index contributed by atoms with van der Waals surface area (Å²) in [6, 6.07) is 0. The highest BCUT2D eigenvalue weighted by atomic mass is 35.5. The van der Waals surface area contributed by atoms with Gasteiger partial charge in [-0.1, -0.05) is 0 Å². The third kappa shape index (κ3) is 2.19. The summed E-state index contributed by atoms with van der Waals surface area (Å²) < 4.78 is 1.55. The molecule has 1 aliphatic carbocycles. The van der Waals surface area contributed by atoms with Gasteiger partial charge in [-0.2, -0.15) is 10.2 Å². The minimum atomic E-state index is -0.936. The van der Waals surface area contributed by atoms with Crippen LogP contribution < -0.4 is 5.73 Å². The quantitative estimate of drug-likeness (QED) is 0.774. The minimum Gasteiger partial charge on any atom is -0.477 e. The van der Waals surface area contributed by atoms with Crippen LogP contribution in [0.1, 0.15) is 28.0 Å². The van der Waals surface area contributed by atoms with Crippen LogP contribution in [0.3, 0.4) is 0 Å². The monoisotopic (exact) mass is 297 g/mol. The number of nitrogens with zero attached hydrogens (tertiary/aromatic N) is 3. The molecule has 0 aliphatic heterocycles. The Bertz CT molecular complexity index is 634. The van der Waals surface area contributed by atoms with Crippen molar-refractivity contribution in [2.24, 2.45) is 5.73 Å². The number of halogens is 1. The van der Waals surface area contributed by atoms with E-state index in [-0.39, 0.29) is 18.1 Å². The molecule has 7 nitrogen and oxygen atoms in total. The number of H-pyrrole nitrogens is 1. The van der Waals surface area contributed by atoms with Gasteiger partial charge in [0.2, 0.25) is 0 Å². The fraction of sp³-hybridized carbons (Fsp3) is 0.417. The molecular formula is C12H16ClN5O2.